The van der Waals surface area contributed by atoms with Crippen LogP contribution in [0.4, 0.5) is 11.4 Å². The second-order valence-corrected chi connectivity index (χ2v) is 8.32. The first kappa shape index (κ1) is 18.2. The van der Waals surface area contributed by atoms with E-state index < -0.39 is 10.0 Å². The van der Waals surface area contributed by atoms with Crippen LogP contribution in [0.25, 0.3) is 0 Å². The van der Waals surface area contributed by atoms with Gasteiger partial charge in [0.1, 0.15) is 4.90 Å². The van der Waals surface area contributed by atoms with Gasteiger partial charge in [-0.25, -0.2) is 8.42 Å². The lowest BCUT2D eigenvalue weighted by atomic mass is 10.2. The number of rotatable bonds is 5. The fraction of sp³-hybridized carbons (Fsp3) is 0.412. The number of anilines is 2. The van der Waals surface area contributed by atoms with Gasteiger partial charge in [-0.2, -0.15) is 5.10 Å². The first-order chi connectivity index (χ1) is 12.2. The molecule has 0 saturated heterocycles. The van der Waals surface area contributed by atoms with Crippen LogP contribution in [-0.2, 0) is 21.4 Å². The fourth-order valence-corrected chi connectivity index (χ4v) is 4.46. The number of para-hydroxylation sites is 1. The van der Waals surface area contributed by atoms with Crippen molar-refractivity contribution in [1.82, 2.24) is 9.78 Å². The predicted molar refractivity (Wildman–Crippen MR) is 97.9 cm³/mol. The number of hydrogen-bond acceptors (Lipinski definition) is 5. The monoisotopic (exact) mass is 378 g/mol. The minimum absolute atomic E-state index is 0.157. The molecule has 3 rings (SSSR count). The van der Waals surface area contributed by atoms with Gasteiger partial charge in [0.25, 0.3) is 15.9 Å². The predicted octanol–water partition coefficient (Wildman–Crippen LogP) is 2.29. The molecule has 0 atom stereocenters. The van der Waals surface area contributed by atoms with Crippen molar-refractivity contribution in [2.24, 2.45) is 5.92 Å². The molecular weight excluding hydrogens is 356 g/mol. The number of fused-ring (bicyclic) bond motifs is 1. The third-order valence-corrected chi connectivity index (χ3v) is 5.62. The highest BCUT2D eigenvalue weighted by Gasteiger charge is 2.27. The maximum Gasteiger partial charge on any atom is 0.265 e. The normalized spacial score (nSPS) is 14.0. The Labute approximate surface area is 152 Å². The molecule has 1 amide bonds. The summed E-state index contributed by atoms with van der Waals surface area (Å²) >= 11 is 0. The summed E-state index contributed by atoms with van der Waals surface area (Å²) in [6.07, 6.45) is 0. The van der Waals surface area contributed by atoms with E-state index in [0.29, 0.717) is 35.3 Å². The number of benzene rings is 1. The topological polar surface area (TPSA) is 102 Å². The number of aromatic nitrogens is 2. The number of sulfonamides is 1. The molecule has 0 spiro atoms. The molecule has 0 unspecified atom stereocenters. The zero-order valence-electron chi connectivity index (χ0n) is 15.2. The van der Waals surface area contributed by atoms with Crippen LogP contribution < -0.4 is 14.8 Å². The first-order valence-corrected chi connectivity index (χ1v) is 9.80. The van der Waals surface area contributed by atoms with Crippen molar-refractivity contribution < 1.29 is 17.9 Å². The highest BCUT2D eigenvalue weighted by atomic mass is 32.2. The second-order valence-electron chi connectivity index (χ2n) is 6.70. The van der Waals surface area contributed by atoms with E-state index in [1.807, 2.05) is 13.8 Å². The Morgan fingerprint density at radius 1 is 1.35 bits per heavy atom. The number of nitrogens with one attached hydrogen (secondary N) is 2. The van der Waals surface area contributed by atoms with Crippen molar-refractivity contribution in [3.05, 3.63) is 29.6 Å². The van der Waals surface area contributed by atoms with E-state index in [1.54, 1.807) is 36.7 Å². The van der Waals surface area contributed by atoms with E-state index in [-0.39, 0.29) is 23.1 Å². The molecule has 0 bridgehead atoms. The number of carbonyl (C=O) groups is 1. The molecule has 1 aliphatic heterocycles. The minimum atomic E-state index is -3.86. The summed E-state index contributed by atoms with van der Waals surface area (Å²) in [5.41, 5.74) is 1.74. The second kappa shape index (κ2) is 6.64. The van der Waals surface area contributed by atoms with Crippen molar-refractivity contribution >= 4 is 27.3 Å². The number of hydrogen-bond donors (Lipinski definition) is 2. The molecule has 140 valence electrons. The molecular formula is C17H22N4O4S. The molecule has 2 N–H and O–H groups in total. The van der Waals surface area contributed by atoms with Crippen LogP contribution in [0, 0.1) is 19.8 Å². The van der Waals surface area contributed by atoms with Crippen molar-refractivity contribution in [2.45, 2.75) is 39.1 Å². The molecule has 0 aliphatic carbocycles. The fourth-order valence-electron chi connectivity index (χ4n) is 2.98. The molecule has 0 fully saturated rings. The summed E-state index contributed by atoms with van der Waals surface area (Å²) in [7, 11) is -3.86. The van der Waals surface area contributed by atoms with Gasteiger partial charge in [0.2, 0.25) is 0 Å². The standard InChI is InChI=1S/C17H22N4O4S/c1-10(2)8-21-12(4)17(11(3)19-21)26(23,24)20-14-7-5-6-13-16(14)25-9-15(22)18-13/h5-7,10,20H,8-9H2,1-4H3,(H,18,22). The molecule has 2 heterocycles. The van der Waals surface area contributed by atoms with Crippen molar-refractivity contribution in [3.8, 4) is 5.75 Å². The smallest absolute Gasteiger partial charge is 0.265 e. The van der Waals surface area contributed by atoms with Crippen LogP contribution in [0.1, 0.15) is 25.2 Å². The molecule has 26 heavy (non-hydrogen) atoms. The van der Waals surface area contributed by atoms with E-state index in [9.17, 15) is 13.2 Å². The van der Waals surface area contributed by atoms with Gasteiger partial charge < -0.3 is 10.1 Å². The maximum absolute atomic E-state index is 13.0. The Morgan fingerprint density at radius 3 is 2.77 bits per heavy atom. The first-order valence-electron chi connectivity index (χ1n) is 8.31. The molecule has 0 radical (unpaired) electrons. The highest BCUT2D eigenvalue weighted by Crippen LogP contribution is 2.37. The summed E-state index contributed by atoms with van der Waals surface area (Å²) in [6.45, 7) is 7.99. The number of carbonyl (C=O) groups excluding carboxylic acids is 1. The van der Waals surface area contributed by atoms with Gasteiger partial charge in [-0.3, -0.25) is 14.2 Å². The summed E-state index contributed by atoms with van der Waals surface area (Å²) in [6, 6.07) is 4.89. The van der Waals surface area contributed by atoms with Gasteiger partial charge in [0, 0.05) is 6.54 Å². The maximum atomic E-state index is 13.0. The summed E-state index contributed by atoms with van der Waals surface area (Å²) in [5, 5.41) is 7.02. The number of amides is 1. The zero-order valence-corrected chi connectivity index (χ0v) is 16.0. The molecule has 1 aromatic heterocycles. The zero-order chi connectivity index (χ0) is 19.1. The van der Waals surface area contributed by atoms with Gasteiger partial charge in [0.05, 0.1) is 22.8 Å². The molecule has 1 aliphatic rings. The van der Waals surface area contributed by atoms with Crippen LogP contribution in [0.5, 0.6) is 5.75 Å². The van der Waals surface area contributed by atoms with E-state index in [4.69, 9.17) is 4.74 Å². The van der Waals surface area contributed by atoms with Crippen LogP contribution >= 0.6 is 0 Å². The Morgan fingerprint density at radius 2 is 2.08 bits per heavy atom. The van der Waals surface area contributed by atoms with E-state index >= 15 is 0 Å². The average molecular weight is 378 g/mol. The average Bonchev–Trinajstić information content (AvgIpc) is 2.80. The van der Waals surface area contributed by atoms with Crippen LogP contribution in [0.2, 0.25) is 0 Å². The molecule has 9 heteroatoms. The SMILES string of the molecule is Cc1nn(CC(C)C)c(C)c1S(=O)(=O)Nc1cccc2c1OCC(=O)N2. The quantitative estimate of drug-likeness (QED) is 0.831. The summed E-state index contributed by atoms with van der Waals surface area (Å²) in [4.78, 5) is 11.6. The third kappa shape index (κ3) is 3.39. The largest absolute Gasteiger partial charge is 0.479 e. The number of ether oxygens (including phenoxy) is 1. The molecule has 1 aromatic carbocycles. The Bertz CT molecular complexity index is 963. The van der Waals surface area contributed by atoms with Gasteiger partial charge in [-0.1, -0.05) is 19.9 Å². The van der Waals surface area contributed by atoms with E-state index in [2.05, 4.69) is 15.1 Å². The molecule has 8 nitrogen and oxygen atoms in total. The van der Waals surface area contributed by atoms with Crippen molar-refractivity contribution in [1.29, 1.82) is 0 Å². The molecule has 2 aromatic rings. The molecule has 0 saturated carbocycles. The summed E-state index contributed by atoms with van der Waals surface area (Å²) in [5.74, 6) is 0.370. The van der Waals surface area contributed by atoms with Crippen LogP contribution in [0.15, 0.2) is 23.1 Å². The lowest BCUT2D eigenvalue weighted by Crippen LogP contribution is -2.26. The van der Waals surface area contributed by atoms with Gasteiger partial charge in [-0.15, -0.1) is 0 Å². The van der Waals surface area contributed by atoms with Gasteiger partial charge in [0.15, 0.2) is 12.4 Å². The Hall–Kier alpha value is -2.55. The third-order valence-electron chi connectivity index (χ3n) is 4.00. The van der Waals surface area contributed by atoms with Gasteiger partial charge >= 0.3 is 0 Å². The Kier molecular flexibility index (Phi) is 4.66. The van der Waals surface area contributed by atoms with Crippen LogP contribution in [0.3, 0.4) is 0 Å². The lowest BCUT2D eigenvalue weighted by Gasteiger charge is -2.21. The van der Waals surface area contributed by atoms with Crippen molar-refractivity contribution in [2.75, 3.05) is 16.6 Å². The lowest BCUT2D eigenvalue weighted by molar-refractivity contribution is -0.118. The van der Waals surface area contributed by atoms with Gasteiger partial charge in [-0.05, 0) is 31.9 Å². The minimum Gasteiger partial charge on any atom is -0.479 e. The van der Waals surface area contributed by atoms with E-state index in [1.165, 1.54) is 0 Å². The summed E-state index contributed by atoms with van der Waals surface area (Å²) < 4.78 is 35.7. The highest BCUT2D eigenvalue weighted by molar-refractivity contribution is 7.92. The van der Waals surface area contributed by atoms with Crippen molar-refractivity contribution in [3.63, 3.8) is 0 Å². The number of nitrogens with zero attached hydrogens (tertiary/aromatic N) is 2. The van der Waals surface area contributed by atoms with Crippen LogP contribution in [-0.4, -0.2) is 30.7 Å². The Balaban J connectivity index is 1.98. The van der Waals surface area contributed by atoms with E-state index in [0.717, 1.165) is 0 Å². The number of aryl methyl sites for hydroxylation is 1.